The minimum atomic E-state index is -0.182. The molecule has 2 rings (SSSR count). The van der Waals surface area contributed by atoms with Crippen molar-refractivity contribution in [2.75, 3.05) is 11.9 Å². The van der Waals surface area contributed by atoms with Gasteiger partial charge >= 0.3 is 0 Å². The maximum atomic E-state index is 13.5. The Morgan fingerprint density at radius 3 is 2.53 bits per heavy atom. The van der Waals surface area contributed by atoms with E-state index < -0.39 is 0 Å². The van der Waals surface area contributed by atoms with Crippen molar-refractivity contribution in [1.82, 2.24) is 0 Å². The van der Waals surface area contributed by atoms with Gasteiger partial charge in [-0.15, -0.1) is 0 Å². The molecule has 0 spiro atoms. The smallest absolute Gasteiger partial charge is 0.146 e. The lowest BCUT2D eigenvalue weighted by Crippen LogP contribution is -2.06. The van der Waals surface area contributed by atoms with E-state index in [0.29, 0.717) is 5.69 Å². The molecule has 2 heteroatoms. The summed E-state index contributed by atoms with van der Waals surface area (Å²) in [6.07, 6.45) is 0.897. The molecule has 0 aliphatic carbocycles. The average Bonchev–Trinajstić information content (AvgIpc) is 2.33. The van der Waals surface area contributed by atoms with Gasteiger partial charge in [0, 0.05) is 6.54 Å². The lowest BCUT2D eigenvalue weighted by Gasteiger charge is -2.08. The van der Waals surface area contributed by atoms with Crippen LogP contribution in [0, 0.1) is 12.7 Å². The summed E-state index contributed by atoms with van der Waals surface area (Å²) in [5.74, 6) is -0.182. The first-order valence-electron chi connectivity index (χ1n) is 5.79. The van der Waals surface area contributed by atoms with E-state index in [2.05, 4.69) is 17.4 Å². The van der Waals surface area contributed by atoms with Gasteiger partial charge in [0.15, 0.2) is 0 Å². The van der Waals surface area contributed by atoms with Crippen molar-refractivity contribution in [3.05, 3.63) is 65.5 Å². The fourth-order valence-electron chi connectivity index (χ4n) is 1.75. The highest BCUT2D eigenvalue weighted by Gasteiger charge is 2.00. The normalized spacial score (nSPS) is 10.2. The molecule has 0 bridgehead atoms. The predicted octanol–water partition coefficient (Wildman–Crippen LogP) is 3.79. The zero-order valence-electron chi connectivity index (χ0n) is 9.91. The van der Waals surface area contributed by atoms with Gasteiger partial charge in [0.1, 0.15) is 5.82 Å². The van der Waals surface area contributed by atoms with Crippen LogP contribution in [0.4, 0.5) is 10.1 Å². The Labute approximate surface area is 101 Å². The molecule has 1 N–H and O–H groups in total. The van der Waals surface area contributed by atoms with Crippen LogP contribution in [0.2, 0.25) is 0 Å². The molecular weight excluding hydrogens is 213 g/mol. The quantitative estimate of drug-likeness (QED) is 0.841. The van der Waals surface area contributed by atoms with E-state index in [1.165, 1.54) is 5.56 Å². The lowest BCUT2D eigenvalue weighted by atomic mass is 10.1. The number of hydrogen-bond acceptors (Lipinski definition) is 1. The summed E-state index contributed by atoms with van der Waals surface area (Å²) in [6, 6.07) is 15.4. The number of rotatable bonds is 4. The molecule has 0 amide bonds. The fraction of sp³-hybridized carbons (Fsp3) is 0.200. The van der Waals surface area contributed by atoms with Crippen molar-refractivity contribution in [2.45, 2.75) is 13.3 Å². The van der Waals surface area contributed by atoms with Crippen LogP contribution in [0.25, 0.3) is 0 Å². The highest BCUT2D eigenvalue weighted by Crippen LogP contribution is 2.15. The lowest BCUT2D eigenvalue weighted by molar-refractivity contribution is 0.629. The Morgan fingerprint density at radius 2 is 1.82 bits per heavy atom. The van der Waals surface area contributed by atoms with Crippen molar-refractivity contribution >= 4 is 5.69 Å². The molecule has 0 aliphatic rings. The summed E-state index contributed by atoms with van der Waals surface area (Å²) in [5.41, 5.74) is 2.77. The van der Waals surface area contributed by atoms with Crippen LogP contribution in [-0.2, 0) is 6.42 Å². The molecule has 0 radical (unpaired) electrons. The summed E-state index contributed by atoms with van der Waals surface area (Å²) < 4.78 is 13.5. The number of aryl methyl sites for hydroxylation is 1. The molecule has 0 unspecified atom stereocenters. The van der Waals surface area contributed by atoms with Gasteiger partial charge in [0.05, 0.1) is 5.69 Å². The number of halogens is 1. The standard InChI is InChI=1S/C15H16FN/c1-12-7-8-15(14(16)11-12)17-10-9-13-5-3-2-4-6-13/h2-8,11,17H,9-10H2,1H3. The molecule has 17 heavy (non-hydrogen) atoms. The van der Waals surface area contributed by atoms with Gasteiger partial charge in [0.2, 0.25) is 0 Å². The minimum absolute atomic E-state index is 0.182. The molecule has 88 valence electrons. The molecule has 0 fully saturated rings. The molecule has 2 aromatic rings. The van der Waals surface area contributed by atoms with E-state index in [0.717, 1.165) is 18.5 Å². The zero-order valence-corrected chi connectivity index (χ0v) is 9.91. The van der Waals surface area contributed by atoms with E-state index in [-0.39, 0.29) is 5.82 Å². The summed E-state index contributed by atoms with van der Waals surface area (Å²) in [4.78, 5) is 0. The van der Waals surface area contributed by atoms with Crippen molar-refractivity contribution < 1.29 is 4.39 Å². The van der Waals surface area contributed by atoms with Gasteiger partial charge < -0.3 is 5.32 Å². The Hall–Kier alpha value is -1.83. The number of benzene rings is 2. The molecule has 0 aromatic heterocycles. The third-order valence-corrected chi connectivity index (χ3v) is 2.70. The second kappa shape index (κ2) is 5.48. The van der Waals surface area contributed by atoms with E-state index in [9.17, 15) is 4.39 Å². The van der Waals surface area contributed by atoms with Crippen LogP contribution in [0.3, 0.4) is 0 Å². The molecule has 0 saturated carbocycles. The topological polar surface area (TPSA) is 12.0 Å². The second-order valence-corrected chi connectivity index (χ2v) is 4.15. The Bertz CT molecular complexity index is 480. The zero-order chi connectivity index (χ0) is 12.1. The molecule has 0 aliphatic heterocycles. The second-order valence-electron chi connectivity index (χ2n) is 4.15. The van der Waals surface area contributed by atoms with Crippen LogP contribution in [0.1, 0.15) is 11.1 Å². The highest BCUT2D eigenvalue weighted by molar-refractivity contribution is 5.46. The average molecular weight is 229 g/mol. The largest absolute Gasteiger partial charge is 0.382 e. The maximum Gasteiger partial charge on any atom is 0.146 e. The summed E-state index contributed by atoms with van der Waals surface area (Å²) in [5, 5.41) is 3.11. The molecular formula is C15H16FN. The monoisotopic (exact) mass is 229 g/mol. The first-order chi connectivity index (χ1) is 8.25. The first kappa shape index (κ1) is 11.6. The highest BCUT2D eigenvalue weighted by atomic mass is 19.1. The first-order valence-corrected chi connectivity index (χ1v) is 5.79. The Kier molecular flexibility index (Phi) is 3.76. The van der Waals surface area contributed by atoms with Crippen LogP contribution in [-0.4, -0.2) is 6.54 Å². The molecule has 1 nitrogen and oxygen atoms in total. The van der Waals surface area contributed by atoms with E-state index in [4.69, 9.17) is 0 Å². The van der Waals surface area contributed by atoms with Gasteiger partial charge in [-0.25, -0.2) is 4.39 Å². The Morgan fingerprint density at radius 1 is 1.06 bits per heavy atom. The fourth-order valence-corrected chi connectivity index (χ4v) is 1.75. The van der Waals surface area contributed by atoms with Crippen molar-refractivity contribution in [1.29, 1.82) is 0 Å². The summed E-state index contributed by atoms with van der Waals surface area (Å²) >= 11 is 0. The summed E-state index contributed by atoms with van der Waals surface area (Å²) in [7, 11) is 0. The molecule has 2 aromatic carbocycles. The Balaban J connectivity index is 1.90. The number of nitrogens with one attached hydrogen (secondary N) is 1. The molecule has 0 atom stereocenters. The van der Waals surface area contributed by atoms with Crippen molar-refractivity contribution in [2.24, 2.45) is 0 Å². The molecule has 0 saturated heterocycles. The van der Waals surface area contributed by atoms with E-state index in [1.807, 2.05) is 31.2 Å². The minimum Gasteiger partial charge on any atom is -0.382 e. The van der Waals surface area contributed by atoms with Gasteiger partial charge in [-0.05, 0) is 36.6 Å². The molecule has 0 heterocycles. The van der Waals surface area contributed by atoms with Gasteiger partial charge in [0.25, 0.3) is 0 Å². The van der Waals surface area contributed by atoms with Crippen molar-refractivity contribution in [3.63, 3.8) is 0 Å². The number of hydrogen-bond donors (Lipinski definition) is 1. The van der Waals surface area contributed by atoms with Crippen LogP contribution < -0.4 is 5.32 Å². The SMILES string of the molecule is Cc1ccc(NCCc2ccccc2)c(F)c1. The van der Waals surface area contributed by atoms with E-state index >= 15 is 0 Å². The van der Waals surface area contributed by atoms with E-state index in [1.54, 1.807) is 12.1 Å². The van der Waals surface area contributed by atoms with Crippen LogP contribution >= 0.6 is 0 Å². The van der Waals surface area contributed by atoms with Gasteiger partial charge in [-0.2, -0.15) is 0 Å². The summed E-state index contributed by atoms with van der Waals surface area (Å²) in [6.45, 7) is 2.63. The number of anilines is 1. The maximum absolute atomic E-state index is 13.5. The third-order valence-electron chi connectivity index (χ3n) is 2.70. The van der Waals surface area contributed by atoms with Crippen LogP contribution in [0.5, 0.6) is 0 Å². The van der Waals surface area contributed by atoms with Gasteiger partial charge in [-0.3, -0.25) is 0 Å². The van der Waals surface area contributed by atoms with Crippen molar-refractivity contribution in [3.8, 4) is 0 Å². The van der Waals surface area contributed by atoms with Crippen LogP contribution in [0.15, 0.2) is 48.5 Å². The predicted molar refractivity (Wildman–Crippen MR) is 69.8 cm³/mol. The van der Waals surface area contributed by atoms with Gasteiger partial charge in [-0.1, -0.05) is 36.4 Å². The third kappa shape index (κ3) is 3.31.